The fourth-order valence-electron chi connectivity index (χ4n) is 3.82. The molecule has 0 saturated carbocycles. The lowest BCUT2D eigenvalue weighted by molar-refractivity contribution is -0.138. The molecule has 0 radical (unpaired) electrons. The molecule has 0 aliphatic carbocycles. The lowest BCUT2D eigenvalue weighted by atomic mass is 10.2. The van der Waals surface area contributed by atoms with Gasteiger partial charge in [-0.15, -0.1) is 0 Å². The standard InChI is InChI=1S/C21H27ClN4O5S/c1-4-25(13-19(27)23-12-16-7-9-17(22)10-8-16)21(28)18-6-5-11-26(18)32(29,30)20-14(2)24-31-15(20)3/h7-10,18H,4-6,11-13H2,1-3H3,(H,23,27)/t18-/m0/s1. The van der Waals surface area contributed by atoms with Crippen molar-refractivity contribution in [2.45, 2.75) is 51.1 Å². The average molecular weight is 483 g/mol. The van der Waals surface area contributed by atoms with Crippen molar-refractivity contribution in [3.63, 3.8) is 0 Å². The Morgan fingerprint density at radius 3 is 2.56 bits per heavy atom. The first kappa shape index (κ1) is 24.2. The van der Waals surface area contributed by atoms with E-state index in [0.717, 1.165) is 5.56 Å². The maximum atomic E-state index is 13.2. The van der Waals surface area contributed by atoms with E-state index in [2.05, 4.69) is 10.5 Å². The molecule has 1 atom stereocenters. The summed E-state index contributed by atoms with van der Waals surface area (Å²) in [5, 5.41) is 7.11. The van der Waals surface area contributed by atoms with Crippen LogP contribution in [-0.4, -0.2) is 60.3 Å². The number of carbonyl (C=O) groups is 2. The van der Waals surface area contributed by atoms with Gasteiger partial charge in [-0.25, -0.2) is 8.42 Å². The predicted molar refractivity (Wildman–Crippen MR) is 118 cm³/mol. The maximum absolute atomic E-state index is 13.2. The summed E-state index contributed by atoms with van der Waals surface area (Å²) in [5.74, 6) is -0.523. The van der Waals surface area contributed by atoms with E-state index in [-0.39, 0.29) is 47.8 Å². The topological polar surface area (TPSA) is 113 Å². The van der Waals surface area contributed by atoms with E-state index in [1.54, 1.807) is 38.1 Å². The van der Waals surface area contributed by atoms with Crippen molar-refractivity contribution in [2.75, 3.05) is 19.6 Å². The van der Waals surface area contributed by atoms with Gasteiger partial charge < -0.3 is 14.7 Å². The van der Waals surface area contributed by atoms with Gasteiger partial charge in [0.15, 0.2) is 5.76 Å². The largest absolute Gasteiger partial charge is 0.360 e. The van der Waals surface area contributed by atoms with Crippen LogP contribution in [0.1, 0.15) is 36.8 Å². The number of sulfonamides is 1. The SMILES string of the molecule is CCN(CC(=O)NCc1ccc(Cl)cc1)C(=O)[C@@H]1CCCN1S(=O)(=O)c1c(C)noc1C. The van der Waals surface area contributed by atoms with Crippen LogP contribution in [0.4, 0.5) is 0 Å². The van der Waals surface area contributed by atoms with Gasteiger partial charge in [0.2, 0.25) is 21.8 Å². The molecule has 1 saturated heterocycles. The molecule has 11 heteroatoms. The van der Waals surface area contributed by atoms with Gasteiger partial charge in [-0.2, -0.15) is 4.31 Å². The van der Waals surface area contributed by atoms with E-state index in [1.165, 1.54) is 16.1 Å². The Kier molecular flexibility index (Phi) is 7.58. The number of hydrogen-bond acceptors (Lipinski definition) is 6. The molecule has 1 aliphatic rings. The first-order chi connectivity index (χ1) is 15.1. The zero-order chi connectivity index (χ0) is 23.5. The van der Waals surface area contributed by atoms with Gasteiger partial charge in [-0.05, 0) is 51.3 Å². The predicted octanol–water partition coefficient (Wildman–Crippen LogP) is 2.26. The normalized spacial score (nSPS) is 16.8. The first-order valence-electron chi connectivity index (χ1n) is 10.4. The van der Waals surface area contributed by atoms with Crippen molar-refractivity contribution < 1.29 is 22.5 Å². The Bertz CT molecular complexity index is 1060. The molecule has 1 fully saturated rings. The molecule has 0 bridgehead atoms. The van der Waals surface area contributed by atoms with E-state index in [4.69, 9.17) is 16.1 Å². The lowest BCUT2D eigenvalue weighted by Crippen LogP contribution is -2.50. The van der Waals surface area contributed by atoms with Crippen molar-refractivity contribution in [3.05, 3.63) is 46.3 Å². The van der Waals surface area contributed by atoms with Crippen LogP contribution in [0.5, 0.6) is 0 Å². The van der Waals surface area contributed by atoms with Gasteiger partial charge in [-0.1, -0.05) is 28.9 Å². The summed E-state index contributed by atoms with van der Waals surface area (Å²) in [6, 6.07) is 6.22. The number of amides is 2. The summed E-state index contributed by atoms with van der Waals surface area (Å²) in [7, 11) is -3.95. The van der Waals surface area contributed by atoms with Crippen LogP contribution in [0, 0.1) is 13.8 Å². The minimum Gasteiger partial charge on any atom is -0.360 e. The highest BCUT2D eigenvalue weighted by Crippen LogP contribution is 2.30. The zero-order valence-electron chi connectivity index (χ0n) is 18.3. The van der Waals surface area contributed by atoms with Gasteiger partial charge in [0.1, 0.15) is 16.6 Å². The first-order valence-corrected chi connectivity index (χ1v) is 12.2. The van der Waals surface area contributed by atoms with E-state index >= 15 is 0 Å². The molecule has 1 aromatic heterocycles. The smallest absolute Gasteiger partial charge is 0.249 e. The molecule has 2 heterocycles. The van der Waals surface area contributed by atoms with Gasteiger partial charge in [0.05, 0.1) is 6.54 Å². The number of carbonyl (C=O) groups excluding carboxylic acids is 2. The number of benzene rings is 1. The van der Waals surface area contributed by atoms with Crippen molar-refractivity contribution in [2.24, 2.45) is 0 Å². The molecule has 2 aromatic rings. The van der Waals surface area contributed by atoms with Crippen molar-refractivity contribution >= 4 is 33.4 Å². The van der Waals surface area contributed by atoms with Gasteiger partial charge in [0, 0.05) is 24.7 Å². The van der Waals surface area contributed by atoms with Crippen molar-refractivity contribution in [1.82, 2.24) is 19.7 Å². The number of likely N-dealkylation sites (N-methyl/N-ethyl adjacent to an activating group) is 1. The Hall–Kier alpha value is -2.43. The fraction of sp³-hybridized carbons (Fsp3) is 0.476. The number of aromatic nitrogens is 1. The Morgan fingerprint density at radius 1 is 1.28 bits per heavy atom. The Balaban J connectivity index is 1.68. The quantitative estimate of drug-likeness (QED) is 0.617. The molecule has 2 amide bonds. The third-order valence-electron chi connectivity index (χ3n) is 5.45. The summed E-state index contributed by atoms with van der Waals surface area (Å²) in [6.45, 7) is 5.50. The number of halogens is 1. The molecular formula is C21H27ClN4O5S. The lowest BCUT2D eigenvalue weighted by Gasteiger charge is -2.28. The van der Waals surface area contributed by atoms with Gasteiger partial charge in [0.25, 0.3) is 0 Å². The minimum absolute atomic E-state index is 0.000885. The number of hydrogen-bond donors (Lipinski definition) is 1. The molecule has 9 nitrogen and oxygen atoms in total. The average Bonchev–Trinajstić information content (AvgIpc) is 3.38. The van der Waals surface area contributed by atoms with Gasteiger partial charge >= 0.3 is 0 Å². The second-order valence-corrected chi connectivity index (χ2v) is 9.95. The second kappa shape index (κ2) is 10.0. The molecule has 1 aliphatic heterocycles. The van der Waals surface area contributed by atoms with Crippen LogP contribution in [0.15, 0.2) is 33.7 Å². The minimum atomic E-state index is -3.95. The monoisotopic (exact) mass is 482 g/mol. The number of rotatable bonds is 8. The Morgan fingerprint density at radius 2 is 1.97 bits per heavy atom. The highest BCUT2D eigenvalue weighted by Gasteiger charge is 2.43. The maximum Gasteiger partial charge on any atom is 0.249 e. The summed E-state index contributed by atoms with van der Waals surface area (Å²) in [6.07, 6.45) is 0.948. The molecule has 174 valence electrons. The highest BCUT2D eigenvalue weighted by atomic mass is 35.5. The summed E-state index contributed by atoms with van der Waals surface area (Å²) >= 11 is 5.87. The van der Waals surface area contributed by atoms with E-state index < -0.39 is 16.1 Å². The number of nitrogens with one attached hydrogen (secondary N) is 1. The molecule has 3 rings (SSSR count). The van der Waals surface area contributed by atoms with E-state index in [1.807, 2.05) is 0 Å². The summed E-state index contributed by atoms with van der Waals surface area (Å²) in [5.41, 5.74) is 1.14. The number of aryl methyl sites for hydroxylation is 2. The van der Waals surface area contributed by atoms with Crippen molar-refractivity contribution in [1.29, 1.82) is 0 Å². The van der Waals surface area contributed by atoms with Crippen LogP contribution in [0.25, 0.3) is 0 Å². The van der Waals surface area contributed by atoms with Crippen LogP contribution in [0.3, 0.4) is 0 Å². The molecule has 0 spiro atoms. The molecule has 1 N–H and O–H groups in total. The number of nitrogens with zero attached hydrogens (tertiary/aromatic N) is 3. The second-order valence-electron chi connectivity index (χ2n) is 7.68. The molecule has 0 unspecified atom stereocenters. The molecule has 32 heavy (non-hydrogen) atoms. The summed E-state index contributed by atoms with van der Waals surface area (Å²) in [4.78, 5) is 27.0. The highest BCUT2D eigenvalue weighted by molar-refractivity contribution is 7.89. The third kappa shape index (κ3) is 5.13. The van der Waals surface area contributed by atoms with Crippen LogP contribution in [-0.2, 0) is 26.2 Å². The fourth-order valence-corrected chi connectivity index (χ4v) is 5.89. The molecular weight excluding hydrogens is 456 g/mol. The van der Waals surface area contributed by atoms with Crippen LogP contribution in [0.2, 0.25) is 5.02 Å². The van der Waals surface area contributed by atoms with E-state index in [9.17, 15) is 18.0 Å². The van der Waals surface area contributed by atoms with Crippen LogP contribution < -0.4 is 5.32 Å². The summed E-state index contributed by atoms with van der Waals surface area (Å²) < 4.78 is 32.7. The molecule has 1 aromatic carbocycles. The van der Waals surface area contributed by atoms with Gasteiger partial charge in [-0.3, -0.25) is 9.59 Å². The van der Waals surface area contributed by atoms with Crippen LogP contribution >= 0.6 is 11.6 Å². The zero-order valence-corrected chi connectivity index (χ0v) is 19.9. The third-order valence-corrected chi connectivity index (χ3v) is 7.86. The van der Waals surface area contributed by atoms with Crippen molar-refractivity contribution in [3.8, 4) is 0 Å². The Labute approximate surface area is 192 Å². The van der Waals surface area contributed by atoms with E-state index in [0.29, 0.717) is 24.4 Å².